The van der Waals surface area contributed by atoms with E-state index in [1.54, 1.807) is 0 Å². The van der Waals surface area contributed by atoms with Crippen molar-refractivity contribution in [3.8, 4) is 0 Å². The lowest BCUT2D eigenvalue weighted by Gasteiger charge is -2.38. The van der Waals surface area contributed by atoms with Gasteiger partial charge in [0, 0.05) is 24.7 Å². The summed E-state index contributed by atoms with van der Waals surface area (Å²) in [5.74, 6) is 0. The summed E-state index contributed by atoms with van der Waals surface area (Å²) in [6, 6.07) is 1.01. The van der Waals surface area contributed by atoms with E-state index in [1.807, 2.05) is 0 Å². The molecule has 0 heterocycles. The lowest BCUT2D eigenvalue weighted by atomic mass is 9.87. The van der Waals surface area contributed by atoms with Crippen molar-refractivity contribution in [2.45, 2.75) is 71.0 Å². The molecule has 0 amide bonds. The zero-order valence-corrected chi connectivity index (χ0v) is 13.7. The molecular formula is C17H33N3. The van der Waals surface area contributed by atoms with Gasteiger partial charge in [-0.15, -0.1) is 0 Å². The SMILES string of the molecule is CC(C)=CCC/C(C)=C/CN(C)C1CCC(N)CC1N. The number of nitrogens with zero attached hydrogens (tertiary/aromatic N) is 1. The van der Waals surface area contributed by atoms with Gasteiger partial charge in [-0.25, -0.2) is 0 Å². The van der Waals surface area contributed by atoms with Gasteiger partial charge in [0.05, 0.1) is 0 Å². The monoisotopic (exact) mass is 279 g/mol. The minimum Gasteiger partial charge on any atom is -0.328 e. The largest absolute Gasteiger partial charge is 0.328 e. The maximum Gasteiger partial charge on any atom is 0.0248 e. The molecule has 3 unspecified atom stereocenters. The Bertz CT molecular complexity index is 342. The van der Waals surface area contributed by atoms with Gasteiger partial charge in [0.25, 0.3) is 0 Å². The topological polar surface area (TPSA) is 55.3 Å². The molecule has 0 aromatic rings. The van der Waals surface area contributed by atoms with Gasteiger partial charge in [0.1, 0.15) is 0 Å². The highest BCUT2D eigenvalue weighted by molar-refractivity contribution is 5.03. The second-order valence-electron chi connectivity index (χ2n) is 6.61. The van der Waals surface area contributed by atoms with Crippen LogP contribution in [0.2, 0.25) is 0 Å². The highest BCUT2D eigenvalue weighted by Gasteiger charge is 2.28. The first-order valence-corrected chi connectivity index (χ1v) is 7.90. The van der Waals surface area contributed by atoms with E-state index < -0.39 is 0 Å². The Morgan fingerprint density at radius 2 is 1.85 bits per heavy atom. The Kier molecular flexibility index (Phi) is 7.49. The fourth-order valence-corrected chi connectivity index (χ4v) is 2.90. The summed E-state index contributed by atoms with van der Waals surface area (Å²) >= 11 is 0. The highest BCUT2D eigenvalue weighted by atomic mass is 15.1. The second kappa shape index (κ2) is 8.60. The summed E-state index contributed by atoms with van der Waals surface area (Å²) in [6.45, 7) is 7.53. The van der Waals surface area contributed by atoms with Gasteiger partial charge in [-0.05, 0) is 59.9 Å². The lowest BCUT2D eigenvalue weighted by Crippen LogP contribution is -2.52. The third-order valence-corrected chi connectivity index (χ3v) is 4.29. The molecule has 0 aromatic carbocycles. The van der Waals surface area contributed by atoms with Crippen molar-refractivity contribution in [1.82, 2.24) is 4.90 Å². The molecule has 3 heteroatoms. The zero-order valence-electron chi connectivity index (χ0n) is 13.7. The van der Waals surface area contributed by atoms with E-state index in [4.69, 9.17) is 11.5 Å². The number of hydrogen-bond acceptors (Lipinski definition) is 3. The van der Waals surface area contributed by atoms with E-state index in [0.717, 1.165) is 38.6 Å². The molecule has 1 saturated carbocycles. The highest BCUT2D eigenvalue weighted by Crippen LogP contribution is 2.20. The summed E-state index contributed by atoms with van der Waals surface area (Å²) < 4.78 is 0. The first-order chi connectivity index (χ1) is 9.40. The van der Waals surface area contributed by atoms with E-state index in [9.17, 15) is 0 Å². The van der Waals surface area contributed by atoms with Crippen LogP contribution in [-0.2, 0) is 0 Å². The number of hydrogen-bond donors (Lipinski definition) is 2. The van der Waals surface area contributed by atoms with Crippen LogP contribution in [0.3, 0.4) is 0 Å². The Morgan fingerprint density at radius 1 is 1.15 bits per heavy atom. The average Bonchev–Trinajstić information content (AvgIpc) is 2.35. The molecule has 0 spiro atoms. The maximum absolute atomic E-state index is 6.24. The summed E-state index contributed by atoms with van der Waals surface area (Å²) in [5, 5.41) is 0. The van der Waals surface area contributed by atoms with E-state index >= 15 is 0 Å². The standard InChI is InChI=1S/C17H33N3/c1-13(2)6-5-7-14(3)10-11-20(4)17-9-8-15(18)12-16(17)19/h6,10,15-17H,5,7-9,11-12,18-19H2,1-4H3/b14-10+. The third kappa shape index (κ3) is 6.21. The molecule has 0 aromatic heterocycles. The van der Waals surface area contributed by atoms with Crippen molar-refractivity contribution in [3.63, 3.8) is 0 Å². The zero-order chi connectivity index (χ0) is 15.1. The Morgan fingerprint density at radius 3 is 2.45 bits per heavy atom. The van der Waals surface area contributed by atoms with Crippen molar-refractivity contribution < 1.29 is 0 Å². The van der Waals surface area contributed by atoms with Crippen molar-refractivity contribution in [2.75, 3.05) is 13.6 Å². The summed E-state index contributed by atoms with van der Waals surface area (Å²) in [7, 11) is 2.18. The quantitative estimate of drug-likeness (QED) is 0.735. The summed E-state index contributed by atoms with van der Waals surface area (Å²) in [5.41, 5.74) is 15.1. The lowest BCUT2D eigenvalue weighted by molar-refractivity contribution is 0.174. The maximum atomic E-state index is 6.24. The van der Waals surface area contributed by atoms with Crippen LogP contribution in [0.4, 0.5) is 0 Å². The molecular weight excluding hydrogens is 246 g/mol. The van der Waals surface area contributed by atoms with Gasteiger partial charge in [0.2, 0.25) is 0 Å². The molecule has 0 radical (unpaired) electrons. The molecule has 1 aliphatic carbocycles. The van der Waals surface area contributed by atoms with Gasteiger partial charge in [-0.3, -0.25) is 4.90 Å². The van der Waals surface area contributed by atoms with Gasteiger partial charge in [-0.2, -0.15) is 0 Å². The van der Waals surface area contributed by atoms with E-state index in [-0.39, 0.29) is 6.04 Å². The minimum absolute atomic E-state index is 0.225. The molecule has 116 valence electrons. The Labute approximate surface area is 125 Å². The Balaban J connectivity index is 2.37. The predicted molar refractivity (Wildman–Crippen MR) is 88.6 cm³/mol. The number of rotatable bonds is 6. The first kappa shape index (κ1) is 17.4. The molecule has 1 aliphatic rings. The van der Waals surface area contributed by atoms with Crippen molar-refractivity contribution >= 4 is 0 Å². The van der Waals surface area contributed by atoms with Crippen LogP contribution in [0, 0.1) is 0 Å². The van der Waals surface area contributed by atoms with Crippen LogP contribution >= 0.6 is 0 Å². The molecule has 1 fully saturated rings. The fraction of sp³-hybridized carbons (Fsp3) is 0.765. The smallest absolute Gasteiger partial charge is 0.0248 e. The fourth-order valence-electron chi connectivity index (χ4n) is 2.90. The van der Waals surface area contributed by atoms with E-state index in [0.29, 0.717) is 12.1 Å². The van der Waals surface area contributed by atoms with Crippen LogP contribution in [-0.4, -0.2) is 36.6 Å². The van der Waals surface area contributed by atoms with Gasteiger partial charge in [0.15, 0.2) is 0 Å². The van der Waals surface area contributed by atoms with E-state index in [2.05, 4.69) is 44.9 Å². The number of likely N-dealkylation sites (N-methyl/N-ethyl adjacent to an activating group) is 1. The molecule has 0 saturated heterocycles. The summed E-state index contributed by atoms with van der Waals surface area (Å²) in [4.78, 5) is 2.39. The molecule has 3 atom stereocenters. The van der Waals surface area contributed by atoms with Gasteiger partial charge >= 0.3 is 0 Å². The third-order valence-electron chi connectivity index (χ3n) is 4.29. The Hall–Kier alpha value is -0.640. The molecule has 1 rings (SSSR count). The van der Waals surface area contributed by atoms with Gasteiger partial charge < -0.3 is 11.5 Å². The summed E-state index contributed by atoms with van der Waals surface area (Å²) in [6.07, 6.45) is 10.1. The minimum atomic E-state index is 0.225. The van der Waals surface area contributed by atoms with Crippen LogP contribution in [0.25, 0.3) is 0 Å². The molecule has 4 N–H and O–H groups in total. The predicted octanol–water partition coefficient (Wildman–Crippen LogP) is 2.82. The molecule has 3 nitrogen and oxygen atoms in total. The van der Waals surface area contributed by atoms with Crippen LogP contribution in [0.5, 0.6) is 0 Å². The molecule has 0 aliphatic heterocycles. The normalized spacial score (nSPS) is 27.8. The number of nitrogens with two attached hydrogens (primary N) is 2. The average molecular weight is 279 g/mol. The molecule has 20 heavy (non-hydrogen) atoms. The van der Waals surface area contributed by atoms with Crippen LogP contribution in [0.1, 0.15) is 52.9 Å². The van der Waals surface area contributed by atoms with Gasteiger partial charge in [-0.1, -0.05) is 23.3 Å². The first-order valence-electron chi connectivity index (χ1n) is 7.90. The van der Waals surface area contributed by atoms with Crippen LogP contribution in [0.15, 0.2) is 23.3 Å². The van der Waals surface area contributed by atoms with Crippen LogP contribution < -0.4 is 11.5 Å². The van der Waals surface area contributed by atoms with E-state index in [1.165, 1.54) is 11.1 Å². The van der Waals surface area contributed by atoms with Crippen molar-refractivity contribution in [3.05, 3.63) is 23.3 Å². The van der Waals surface area contributed by atoms with Crippen molar-refractivity contribution in [1.29, 1.82) is 0 Å². The van der Waals surface area contributed by atoms with Crippen molar-refractivity contribution in [2.24, 2.45) is 11.5 Å². The second-order valence-corrected chi connectivity index (χ2v) is 6.61. The number of allylic oxidation sites excluding steroid dienone is 3. The molecule has 0 bridgehead atoms.